The standard InChI is InChI=1S/C43H25NOS/c1-5-19-36-28(11-1)30-14-10-18-35-41(30)44(36)37-20-6-3-16-32(37)43(35)33-17-4-8-22-39(33)46-40-25-26(23-24-34(40)43)27-13-9-15-31-29-12-2-7-21-38(29)45-42(27)31/h1-25H. The van der Waals surface area contributed by atoms with Crippen molar-refractivity contribution < 1.29 is 4.42 Å². The molecule has 4 heterocycles. The van der Waals surface area contributed by atoms with E-state index in [0.29, 0.717) is 0 Å². The number of hydrogen-bond acceptors (Lipinski definition) is 2. The highest BCUT2D eigenvalue weighted by Gasteiger charge is 2.49. The summed E-state index contributed by atoms with van der Waals surface area (Å²) in [6.07, 6.45) is 0. The second-order valence-electron chi connectivity index (χ2n) is 12.4. The van der Waals surface area contributed by atoms with Gasteiger partial charge in [-0.3, -0.25) is 0 Å². The molecule has 0 fully saturated rings. The Balaban J connectivity index is 1.26. The van der Waals surface area contributed by atoms with Crippen molar-refractivity contribution >= 4 is 55.5 Å². The highest BCUT2D eigenvalue weighted by Crippen LogP contribution is 2.60. The Hall–Kier alpha value is -5.51. The second-order valence-corrected chi connectivity index (χ2v) is 13.5. The van der Waals surface area contributed by atoms with Gasteiger partial charge in [-0.05, 0) is 58.1 Å². The van der Waals surface area contributed by atoms with Crippen molar-refractivity contribution in [2.24, 2.45) is 0 Å². The first-order valence-electron chi connectivity index (χ1n) is 15.8. The van der Waals surface area contributed by atoms with E-state index in [4.69, 9.17) is 4.42 Å². The molecule has 7 aromatic carbocycles. The number of hydrogen-bond donors (Lipinski definition) is 0. The number of nitrogens with zero attached hydrogens (tertiary/aromatic N) is 1. The molecule has 1 atom stereocenters. The third-order valence-electron chi connectivity index (χ3n) is 10.3. The summed E-state index contributed by atoms with van der Waals surface area (Å²) < 4.78 is 8.99. The first kappa shape index (κ1) is 24.8. The van der Waals surface area contributed by atoms with E-state index in [0.717, 1.165) is 27.5 Å². The molecule has 0 aliphatic carbocycles. The van der Waals surface area contributed by atoms with Crippen LogP contribution in [0.15, 0.2) is 166 Å². The predicted octanol–water partition coefficient (Wildman–Crippen LogP) is 11.5. The van der Waals surface area contributed by atoms with Crippen molar-refractivity contribution in [2.75, 3.05) is 0 Å². The number of benzene rings is 7. The van der Waals surface area contributed by atoms with Crippen molar-refractivity contribution in [2.45, 2.75) is 15.2 Å². The first-order valence-corrected chi connectivity index (χ1v) is 16.6. The molecule has 0 bridgehead atoms. The topological polar surface area (TPSA) is 18.1 Å². The zero-order valence-corrected chi connectivity index (χ0v) is 25.5. The maximum Gasteiger partial charge on any atom is 0.143 e. The Morgan fingerprint density at radius 1 is 0.500 bits per heavy atom. The number of aromatic nitrogens is 1. The van der Waals surface area contributed by atoms with Crippen LogP contribution in [0.4, 0.5) is 0 Å². The molecule has 2 aliphatic heterocycles. The third kappa shape index (κ3) is 2.95. The molecule has 1 spiro atoms. The van der Waals surface area contributed by atoms with Crippen molar-refractivity contribution in [1.29, 1.82) is 0 Å². The van der Waals surface area contributed by atoms with Gasteiger partial charge < -0.3 is 8.98 Å². The van der Waals surface area contributed by atoms with Gasteiger partial charge in [0.05, 0.1) is 22.1 Å². The smallest absolute Gasteiger partial charge is 0.143 e. The summed E-state index contributed by atoms with van der Waals surface area (Å²) in [5.41, 5.74) is 12.8. The Kier molecular flexibility index (Phi) is 4.74. The summed E-state index contributed by atoms with van der Waals surface area (Å²) in [4.78, 5) is 2.58. The van der Waals surface area contributed by atoms with Crippen LogP contribution in [-0.2, 0) is 5.41 Å². The lowest BCUT2D eigenvalue weighted by Gasteiger charge is -2.45. The first-order chi connectivity index (χ1) is 22.8. The molecule has 11 rings (SSSR count). The normalized spacial score (nSPS) is 16.3. The van der Waals surface area contributed by atoms with Crippen LogP contribution in [0.3, 0.4) is 0 Å². The Bertz CT molecular complexity index is 2750. The fourth-order valence-corrected chi connectivity index (χ4v) is 9.70. The molecule has 0 radical (unpaired) electrons. The fourth-order valence-electron chi connectivity index (χ4n) is 8.47. The molecule has 0 N–H and O–H groups in total. The number of furan rings is 1. The van der Waals surface area contributed by atoms with Gasteiger partial charge in [-0.25, -0.2) is 0 Å². The van der Waals surface area contributed by atoms with E-state index < -0.39 is 5.41 Å². The monoisotopic (exact) mass is 603 g/mol. The van der Waals surface area contributed by atoms with E-state index >= 15 is 0 Å². The average Bonchev–Trinajstić information content (AvgIpc) is 3.67. The quantitative estimate of drug-likeness (QED) is 0.186. The number of rotatable bonds is 1. The van der Waals surface area contributed by atoms with E-state index in [-0.39, 0.29) is 0 Å². The van der Waals surface area contributed by atoms with Gasteiger partial charge in [0.25, 0.3) is 0 Å². The highest BCUT2D eigenvalue weighted by atomic mass is 32.2. The summed E-state index contributed by atoms with van der Waals surface area (Å²) in [6.45, 7) is 0. The molecule has 214 valence electrons. The van der Waals surface area contributed by atoms with Gasteiger partial charge in [0.15, 0.2) is 0 Å². The minimum absolute atomic E-state index is 0.471. The van der Waals surface area contributed by atoms with Crippen LogP contribution >= 0.6 is 11.8 Å². The van der Waals surface area contributed by atoms with Gasteiger partial charge in [0, 0.05) is 36.9 Å². The molecule has 0 saturated carbocycles. The van der Waals surface area contributed by atoms with Crippen LogP contribution < -0.4 is 0 Å². The van der Waals surface area contributed by atoms with E-state index in [1.807, 2.05) is 17.8 Å². The average molecular weight is 604 g/mol. The molecular weight excluding hydrogens is 579 g/mol. The van der Waals surface area contributed by atoms with Gasteiger partial charge in [0.1, 0.15) is 11.2 Å². The van der Waals surface area contributed by atoms with Gasteiger partial charge >= 0.3 is 0 Å². The molecule has 46 heavy (non-hydrogen) atoms. The van der Waals surface area contributed by atoms with Crippen molar-refractivity contribution in [3.05, 3.63) is 174 Å². The van der Waals surface area contributed by atoms with Gasteiger partial charge in [-0.15, -0.1) is 0 Å². The summed E-state index contributed by atoms with van der Waals surface area (Å²) in [5, 5.41) is 4.90. The van der Waals surface area contributed by atoms with Crippen LogP contribution in [0, 0.1) is 0 Å². The van der Waals surface area contributed by atoms with Crippen molar-refractivity contribution in [1.82, 2.24) is 4.57 Å². The van der Waals surface area contributed by atoms with Crippen LogP contribution in [0.25, 0.3) is 60.6 Å². The SMILES string of the molecule is c1ccc2c(c1)Sc1cc(-c3cccc4c3oc3ccccc34)ccc1C21c2ccccc2-n2c3ccccc3c3cccc1c32. The minimum Gasteiger partial charge on any atom is -0.455 e. The summed E-state index contributed by atoms with van der Waals surface area (Å²) >= 11 is 1.88. The Morgan fingerprint density at radius 2 is 1.20 bits per heavy atom. The lowest BCUT2D eigenvalue weighted by molar-refractivity contribution is 0.670. The maximum atomic E-state index is 6.49. The van der Waals surface area contributed by atoms with E-state index in [9.17, 15) is 0 Å². The summed E-state index contributed by atoms with van der Waals surface area (Å²) in [5.74, 6) is 0. The van der Waals surface area contributed by atoms with Gasteiger partial charge in [-0.2, -0.15) is 0 Å². The molecule has 2 aliphatic rings. The minimum atomic E-state index is -0.471. The Morgan fingerprint density at radius 3 is 2.15 bits per heavy atom. The summed E-state index contributed by atoms with van der Waals surface area (Å²) in [7, 11) is 0. The molecule has 2 aromatic heterocycles. The molecule has 0 saturated heterocycles. The lowest BCUT2D eigenvalue weighted by Crippen LogP contribution is -2.37. The number of fused-ring (bicyclic) bond motifs is 14. The van der Waals surface area contributed by atoms with Crippen molar-refractivity contribution in [3.8, 4) is 16.8 Å². The van der Waals surface area contributed by atoms with Crippen LogP contribution in [0.5, 0.6) is 0 Å². The van der Waals surface area contributed by atoms with Crippen molar-refractivity contribution in [3.63, 3.8) is 0 Å². The predicted molar refractivity (Wildman–Crippen MR) is 189 cm³/mol. The third-order valence-corrected chi connectivity index (χ3v) is 11.4. The van der Waals surface area contributed by atoms with E-state index in [1.165, 1.54) is 65.1 Å². The Labute approximate surface area is 269 Å². The zero-order valence-electron chi connectivity index (χ0n) is 24.7. The molecule has 3 heteroatoms. The molecular formula is C43H25NOS. The van der Waals surface area contributed by atoms with E-state index in [1.54, 1.807) is 0 Å². The maximum absolute atomic E-state index is 6.49. The molecule has 0 amide bonds. The molecule has 1 unspecified atom stereocenters. The summed E-state index contributed by atoms with van der Waals surface area (Å²) in [6, 6.07) is 55.8. The zero-order chi connectivity index (χ0) is 30.0. The second kappa shape index (κ2) is 8.81. The molecule has 9 aromatic rings. The fraction of sp³-hybridized carbons (Fsp3) is 0.0233. The van der Waals surface area contributed by atoms with Crippen LogP contribution in [0.1, 0.15) is 22.3 Å². The number of para-hydroxylation sites is 5. The van der Waals surface area contributed by atoms with Gasteiger partial charge in [-0.1, -0.05) is 133 Å². The van der Waals surface area contributed by atoms with Gasteiger partial charge in [0.2, 0.25) is 0 Å². The van der Waals surface area contributed by atoms with Crippen LogP contribution in [0.2, 0.25) is 0 Å². The highest BCUT2D eigenvalue weighted by molar-refractivity contribution is 7.99. The van der Waals surface area contributed by atoms with E-state index in [2.05, 4.69) is 150 Å². The van der Waals surface area contributed by atoms with Crippen LogP contribution in [-0.4, -0.2) is 4.57 Å². The molecule has 2 nitrogen and oxygen atoms in total. The largest absolute Gasteiger partial charge is 0.455 e. The lowest BCUT2D eigenvalue weighted by atomic mass is 9.62.